The number of rotatable bonds is 5. The van der Waals surface area contributed by atoms with E-state index in [1.165, 1.54) is 7.11 Å². The number of carbonyl (C=O) groups excluding carboxylic acids is 2. The van der Waals surface area contributed by atoms with Gasteiger partial charge in [-0.2, -0.15) is 4.98 Å². The van der Waals surface area contributed by atoms with Crippen LogP contribution in [0.2, 0.25) is 0 Å². The van der Waals surface area contributed by atoms with Gasteiger partial charge in [0.1, 0.15) is 0 Å². The summed E-state index contributed by atoms with van der Waals surface area (Å²) in [6, 6.07) is 6.30. The first kappa shape index (κ1) is 16.1. The van der Waals surface area contributed by atoms with Crippen LogP contribution >= 0.6 is 0 Å². The Bertz CT molecular complexity index is 736. The monoisotopic (exact) mass is 317 g/mol. The van der Waals surface area contributed by atoms with Crippen LogP contribution in [0.25, 0.3) is 0 Å². The first-order valence-electron chi connectivity index (χ1n) is 6.67. The number of aromatic amines is 1. The van der Waals surface area contributed by atoms with Crippen molar-refractivity contribution in [2.75, 3.05) is 19.5 Å². The number of nitrogen functional groups attached to an aromatic ring is 1. The number of azo groups is 1. The van der Waals surface area contributed by atoms with E-state index in [4.69, 9.17) is 10.5 Å². The number of aromatic nitrogens is 2. The number of hydrogen-bond acceptors (Lipinski definition) is 8. The van der Waals surface area contributed by atoms with E-state index in [2.05, 4.69) is 24.9 Å². The third kappa shape index (κ3) is 3.90. The fraction of sp³-hybridized carbons (Fsp3) is 0.214. The SMILES string of the molecule is CCOC(=O)c1[nH]c(N=Nc2ccc(C(=O)OC)cc2)nc1N. The zero-order valence-corrected chi connectivity index (χ0v) is 12.6. The lowest BCUT2D eigenvalue weighted by atomic mass is 10.2. The van der Waals surface area contributed by atoms with Crippen LogP contribution < -0.4 is 5.73 Å². The van der Waals surface area contributed by atoms with Crippen molar-refractivity contribution in [3.8, 4) is 0 Å². The molecule has 0 saturated heterocycles. The molecular formula is C14H15N5O4. The van der Waals surface area contributed by atoms with Gasteiger partial charge in [-0.25, -0.2) is 9.59 Å². The largest absolute Gasteiger partial charge is 0.465 e. The molecule has 0 radical (unpaired) electrons. The van der Waals surface area contributed by atoms with Gasteiger partial charge in [-0.15, -0.1) is 10.2 Å². The summed E-state index contributed by atoms with van der Waals surface area (Å²) >= 11 is 0. The van der Waals surface area contributed by atoms with Gasteiger partial charge in [0, 0.05) is 0 Å². The number of imidazole rings is 1. The highest BCUT2D eigenvalue weighted by atomic mass is 16.5. The van der Waals surface area contributed by atoms with Gasteiger partial charge in [-0.05, 0) is 31.2 Å². The number of methoxy groups -OCH3 is 1. The number of hydrogen-bond donors (Lipinski definition) is 2. The minimum atomic E-state index is -0.610. The molecule has 0 unspecified atom stereocenters. The standard InChI is InChI=1S/C14H15N5O4/c1-3-23-13(21)10-11(15)17-14(16-10)19-18-9-6-4-8(5-7-9)12(20)22-2/h4-7H,3,15H2,1-2H3,(H,16,17). The third-order valence-electron chi connectivity index (χ3n) is 2.75. The highest BCUT2D eigenvalue weighted by molar-refractivity contribution is 5.92. The predicted molar refractivity (Wildman–Crippen MR) is 80.9 cm³/mol. The maximum absolute atomic E-state index is 11.6. The number of H-pyrrole nitrogens is 1. The molecule has 1 aromatic heterocycles. The summed E-state index contributed by atoms with van der Waals surface area (Å²) in [5.74, 6) is -0.992. The molecule has 23 heavy (non-hydrogen) atoms. The van der Waals surface area contributed by atoms with E-state index in [1.54, 1.807) is 31.2 Å². The van der Waals surface area contributed by atoms with Crippen LogP contribution in [0, 0.1) is 0 Å². The molecule has 0 saturated carbocycles. The molecule has 0 atom stereocenters. The van der Waals surface area contributed by atoms with Crippen LogP contribution in [0.15, 0.2) is 34.5 Å². The molecule has 0 fully saturated rings. The van der Waals surface area contributed by atoms with Crippen molar-refractivity contribution in [3.63, 3.8) is 0 Å². The Labute approximate surface area is 131 Å². The first-order valence-corrected chi connectivity index (χ1v) is 6.67. The fourth-order valence-electron chi connectivity index (χ4n) is 1.67. The van der Waals surface area contributed by atoms with Crippen molar-refractivity contribution >= 4 is 29.4 Å². The molecule has 9 nitrogen and oxygen atoms in total. The summed E-state index contributed by atoms with van der Waals surface area (Å²) < 4.78 is 9.42. The Hall–Kier alpha value is -3.23. The molecule has 0 spiro atoms. The predicted octanol–water partition coefficient (Wildman–Crippen LogP) is 2.37. The molecule has 0 amide bonds. The second-order valence-electron chi connectivity index (χ2n) is 4.28. The molecule has 1 heterocycles. The Morgan fingerprint density at radius 3 is 2.52 bits per heavy atom. The second kappa shape index (κ2) is 7.16. The normalized spacial score (nSPS) is 10.7. The van der Waals surface area contributed by atoms with Gasteiger partial charge in [0.15, 0.2) is 11.5 Å². The second-order valence-corrected chi connectivity index (χ2v) is 4.28. The maximum Gasteiger partial charge on any atom is 0.358 e. The summed E-state index contributed by atoms with van der Waals surface area (Å²) in [4.78, 5) is 29.4. The number of carbonyl (C=O) groups is 2. The highest BCUT2D eigenvalue weighted by Gasteiger charge is 2.16. The number of anilines is 1. The molecule has 0 aliphatic carbocycles. The first-order chi connectivity index (χ1) is 11.0. The molecule has 0 aliphatic rings. The fourth-order valence-corrected chi connectivity index (χ4v) is 1.67. The molecule has 0 bridgehead atoms. The number of benzene rings is 1. The average Bonchev–Trinajstić information content (AvgIpc) is 2.94. The van der Waals surface area contributed by atoms with Crippen LogP contribution in [0.1, 0.15) is 27.8 Å². The summed E-state index contributed by atoms with van der Waals surface area (Å²) in [7, 11) is 1.30. The van der Waals surface area contributed by atoms with E-state index in [9.17, 15) is 9.59 Å². The Morgan fingerprint density at radius 2 is 1.91 bits per heavy atom. The highest BCUT2D eigenvalue weighted by Crippen LogP contribution is 2.20. The van der Waals surface area contributed by atoms with E-state index in [0.717, 1.165) is 0 Å². The van der Waals surface area contributed by atoms with Crippen LogP contribution in [-0.2, 0) is 9.47 Å². The van der Waals surface area contributed by atoms with Gasteiger partial charge < -0.3 is 20.2 Å². The van der Waals surface area contributed by atoms with Crippen LogP contribution in [0.4, 0.5) is 17.5 Å². The summed E-state index contributed by atoms with van der Waals surface area (Å²) in [6.07, 6.45) is 0. The Balaban J connectivity index is 2.12. The number of nitrogens with zero attached hydrogens (tertiary/aromatic N) is 3. The number of nitrogens with two attached hydrogens (primary N) is 1. The molecule has 1 aromatic carbocycles. The Morgan fingerprint density at radius 1 is 1.22 bits per heavy atom. The Kier molecular flexibility index (Phi) is 5.03. The van der Waals surface area contributed by atoms with E-state index in [0.29, 0.717) is 11.3 Å². The van der Waals surface area contributed by atoms with Gasteiger partial charge in [0.05, 0.1) is 25.0 Å². The van der Waals surface area contributed by atoms with Crippen LogP contribution in [-0.4, -0.2) is 35.6 Å². The zero-order valence-electron chi connectivity index (χ0n) is 12.6. The quantitative estimate of drug-likeness (QED) is 0.642. The molecule has 9 heteroatoms. The smallest absolute Gasteiger partial charge is 0.358 e. The van der Waals surface area contributed by atoms with Crippen molar-refractivity contribution in [1.82, 2.24) is 9.97 Å². The zero-order chi connectivity index (χ0) is 16.8. The van der Waals surface area contributed by atoms with E-state index in [1.807, 2.05) is 0 Å². The lowest BCUT2D eigenvalue weighted by Gasteiger charge is -1.98. The van der Waals surface area contributed by atoms with E-state index >= 15 is 0 Å². The summed E-state index contributed by atoms with van der Waals surface area (Å²) in [6.45, 7) is 1.91. The molecular weight excluding hydrogens is 302 g/mol. The van der Waals surface area contributed by atoms with Crippen molar-refractivity contribution in [1.29, 1.82) is 0 Å². The van der Waals surface area contributed by atoms with Gasteiger partial charge in [0.2, 0.25) is 5.95 Å². The molecule has 2 aromatic rings. The molecule has 3 N–H and O–H groups in total. The van der Waals surface area contributed by atoms with Gasteiger partial charge in [-0.3, -0.25) is 0 Å². The van der Waals surface area contributed by atoms with Gasteiger partial charge in [-0.1, -0.05) is 0 Å². The van der Waals surface area contributed by atoms with Gasteiger partial charge in [0.25, 0.3) is 0 Å². The number of nitrogens with one attached hydrogen (secondary N) is 1. The van der Waals surface area contributed by atoms with Crippen LogP contribution in [0.5, 0.6) is 0 Å². The molecule has 2 rings (SSSR count). The molecule has 0 aliphatic heterocycles. The van der Waals surface area contributed by atoms with Crippen molar-refractivity contribution < 1.29 is 19.1 Å². The van der Waals surface area contributed by atoms with E-state index in [-0.39, 0.29) is 24.1 Å². The number of ether oxygens (including phenoxy) is 2. The lowest BCUT2D eigenvalue weighted by Crippen LogP contribution is -2.07. The lowest BCUT2D eigenvalue weighted by molar-refractivity contribution is 0.0520. The molecule has 120 valence electrons. The van der Waals surface area contributed by atoms with E-state index < -0.39 is 11.9 Å². The van der Waals surface area contributed by atoms with Crippen LogP contribution in [0.3, 0.4) is 0 Å². The number of esters is 2. The topological polar surface area (TPSA) is 132 Å². The van der Waals surface area contributed by atoms with Gasteiger partial charge >= 0.3 is 11.9 Å². The average molecular weight is 317 g/mol. The summed E-state index contributed by atoms with van der Waals surface area (Å²) in [5, 5.41) is 7.78. The minimum absolute atomic E-state index is 0.0153. The maximum atomic E-state index is 11.6. The van der Waals surface area contributed by atoms with Crippen molar-refractivity contribution in [3.05, 3.63) is 35.5 Å². The van der Waals surface area contributed by atoms with Crippen molar-refractivity contribution in [2.24, 2.45) is 10.2 Å². The minimum Gasteiger partial charge on any atom is -0.465 e. The van der Waals surface area contributed by atoms with Crippen molar-refractivity contribution in [2.45, 2.75) is 6.92 Å². The third-order valence-corrected chi connectivity index (χ3v) is 2.75. The summed E-state index contributed by atoms with van der Waals surface area (Å²) in [5.41, 5.74) is 6.54.